The van der Waals surface area contributed by atoms with E-state index in [-0.39, 0.29) is 35.2 Å². The molecule has 0 N–H and O–H groups in total. The molecule has 130 valence electrons. The highest BCUT2D eigenvalue weighted by Crippen LogP contribution is 2.46. The largest absolute Gasteiger partial charge is 0.342 e. The first kappa shape index (κ1) is 15.7. The van der Waals surface area contributed by atoms with Crippen molar-refractivity contribution in [3.63, 3.8) is 0 Å². The molecule has 0 aromatic carbocycles. The molecule has 3 heterocycles. The van der Waals surface area contributed by atoms with Gasteiger partial charge in [-0.1, -0.05) is 12.2 Å². The second-order valence-corrected chi connectivity index (χ2v) is 7.68. The maximum Gasteiger partial charge on any atom is 0.327 e. The van der Waals surface area contributed by atoms with Gasteiger partial charge in [0.05, 0.1) is 0 Å². The van der Waals surface area contributed by atoms with Gasteiger partial charge < -0.3 is 9.80 Å². The molecular formula is C18H25N3O3. The van der Waals surface area contributed by atoms with E-state index in [0.717, 1.165) is 45.2 Å². The van der Waals surface area contributed by atoms with Crippen LogP contribution >= 0.6 is 0 Å². The Morgan fingerprint density at radius 3 is 2.46 bits per heavy atom. The van der Waals surface area contributed by atoms with Gasteiger partial charge in [-0.05, 0) is 44.4 Å². The maximum atomic E-state index is 12.5. The molecule has 6 heteroatoms. The molecule has 3 fully saturated rings. The van der Waals surface area contributed by atoms with E-state index in [1.807, 2.05) is 11.8 Å². The van der Waals surface area contributed by atoms with Crippen molar-refractivity contribution in [2.75, 3.05) is 26.2 Å². The van der Waals surface area contributed by atoms with Crippen LogP contribution in [0.15, 0.2) is 12.2 Å². The Labute approximate surface area is 142 Å². The Bertz CT molecular complexity index is 573. The Kier molecular flexibility index (Phi) is 3.66. The number of rotatable bonds is 2. The van der Waals surface area contributed by atoms with Gasteiger partial charge in [-0.3, -0.25) is 14.5 Å². The highest BCUT2D eigenvalue weighted by Gasteiger charge is 2.56. The lowest BCUT2D eigenvalue weighted by atomic mass is 9.76. The molecule has 0 aromatic heterocycles. The van der Waals surface area contributed by atoms with Crippen LogP contribution in [0.1, 0.15) is 39.0 Å². The number of allylic oxidation sites excluding steroid dienone is 2. The molecule has 1 aliphatic carbocycles. The predicted molar refractivity (Wildman–Crippen MR) is 88.0 cm³/mol. The van der Waals surface area contributed by atoms with Crippen molar-refractivity contribution in [1.29, 1.82) is 0 Å². The van der Waals surface area contributed by atoms with Crippen LogP contribution in [-0.4, -0.2) is 64.8 Å². The van der Waals surface area contributed by atoms with E-state index < -0.39 is 0 Å². The molecule has 4 rings (SSSR count). The summed E-state index contributed by atoms with van der Waals surface area (Å²) in [5, 5.41) is 0. The van der Waals surface area contributed by atoms with Crippen LogP contribution in [0.3, 0.4) is 0 Å². The summed E-state index contributed by atoms with van der Waals surface area (Å²) in [4.78, 5) is 42.4. The number of imide groups is 1. The summed E-state index contributed by atoms with van der Waals surface area (Å²) in [5.74, 6) is 0.375. The number of amides is 4. The van der Waals surface area contributed by atoms with Gasteiger partial charge >= 0.3 is 6.03 Å². The van der Waals surface area contributed by atoms with Crippen molar-refractivity contribution < 1.29 is 14.4 Å². The van der Waals surface area contributed by atoms with Crippen molar-refractivity contribution >= 4 is 17.8 Å². The number of carbonyl (C=O) groups excluding carboxylic acids is 3. The Hall–Kier alpha value is -1.85. The molecule has 0 radical (unpaired) electrons. The fraction of sp³-hybridized carbons (Fsp3) is 0.722. The number of likely N-dealkylation sites (N-methyl/N-ethyl adjacent to an activating group) is 1. The third kappa shape index (κ3) is 2.26. The van der Waals surface area contributed by atoms with Crippen LogP contribution in [0, 0.1) is 11.3 Å². The fourth-order valence-corrected chi connectivity index (χ4v) is 4.84. The maximum absolute atomic E-state index is 12.5. The van der Waals surface area contributed by atoms with E-state index in [0.29, 0.717) is 13.1 Å². The van der Waals surface area contributed by atoms with E-state index in [4.69, 9.17) is 0 Å². The molecule has 6 nitrogen and oxygen atoms in total. The molecule has 24 heavy (non-hydrogen) atoms. The number of urea groups is 1. The van der Waals surface area contributed by atoms with Crippen LogP contribution in [0.2, 0.25) is 0 Å². The van der Waals surface area contributed by atoms with Gasteiger partial charge in [-0.25, -0.2) is 4.79 Å². The quantitative estimate of drug-likeness (QED) is 0.571. The van der Waals surface area contributed by atoms with E-state index in [1.165, 1.54) is 4.90 Å². The van der Waals surface area contributed by atoms with Crippen LogP contribution in [-0.2, 0) is 9.59 Å². The molecule has 1 atom stereocenters. The number of hydrogen-bond donors (Lipinski definition) is 0. The highest BCUT2D eigenvalue weighted by atomic mass is 16.2. The van der Waals surface area contributed by atoms with Crippen LogP contribution in [0.4, 0.5) is 4.79 Å². The normalized spacial score (nSPS) is 29.2. The zero-order chi connectivity index (χ0) is 16.9. The second-order valence-electron chi connectivity index (χ2n) is 7.68. The van der Waals surface area contributed by atoms with Gasteiger partial charge in [0.25, 0.3) is 5.91 Å². The summed E-state index contributed by atoms with van der Waals surface area (Å²) in [7, 11) is 0. The highest BCUT2D eigenvalue weighted by molar-refractivity contribution is 6.04. The first-order valence-corrected chi connectivity index (χ1v) is 9.10. The fourth-order valence-electron chi connectivity index (χ4n) is 4.84. The average molecular weight is 331 g/mol. The Morgan fingerprint density at radius 2 is 1.88 bits per heavy atom. The van der Waals surface area contributed by atoms with E-state index in [2.05, 4.69) is 12.2 Å². The van der Waals surface area contributed by atoms with Crippen molar-refractivity contribution in [3.8, 4) is 0 Å². The predicted octanol–water partition coefficient (Wildman–Crippen LogP) is 1.62. The van der Waals surface area contributed by atoms with Gasteiger partial charge in [0.15, 0.2) is 0 Å². The summed E-state index contributed by atoms with van der Waals surface area (Å²) >= 11 is 0. The van der Waals surface area contributed by atoms with Gasteiger partial charge in [0.1, 0.15) is 6.04 Å². The lowest BCUT2D eigenvalue weighted by Crippen LogP contribution is -2.47. The Balaban J connectivity index is 1.39. The van der Waals surface area contributed by atoms with Gasteiger partial charge in [0.2, 0.25) is 5.91 Å². The number of likely N-dealkylation sites (tertiary alicyclic amines) is 1. The van der Waals surface area contributed by atoms with E-state index >= 15 is 0 Å². The summed E-state index contributed by atoms with van der Waals surface area (Å²) in [6.07, 6.45) is 8.49. The third-order valence-electron chi connectivity index (χ3n) is 6.35. The first-order valence-electron chi connectivity index (χ1n) is 9.10. The summed E-state index contributed by atoms with van der Waals surface area (Å²) in [6, 6.07) is -0.390. The van der Waals surface area contributed by atoms with Crippen LogP contribution in [0.5, 0.6) is 0 Å². The van der Waals surface area contributed by atoms with Crippen LogP contribution < -0.4 is 0 Å². The number of carbonyl (C=O) groups is 3. The smallest absolute Gasteiger partial charge is 0.327 e. The summed E-state index contributed by atoms with van der Waals surface area (Å²) in [6.45, 7) is 4.49. The number of hydrogen-bond acceptors (Lipinski definition) is 3. The monoisotopic (exact) mass is 331 g/mol. The molecular weight excluding hydrogens is 306 g/mol. The minimum absolute atomic E-state index is 0.0283. The second kappa shape index (κ2) is 5.60. The van der Waals surface area contributed by atoms with Crippen molar-refractivity contribution in [1.82, 2.24) is 14.7 Å². The molecule has 0 aromatic rings. The number of piperidine rings is 1. The first-order chi connectivity index (χ1) is 11.5. The summed E-state index contributed by atoms with van der Waals surface area (Å²) in [5.41, 5.74) is 0.0283. The van der Waals surface area contributed by atoms with Crippen molar-refractivity contribution in [2.24, 2.45) is 11.3 Å². The Morgan fingerprint density at radius 1 is 1.21 bits per heavy atom. The van der Waals surface area contributed by atoms with E-state index in [1.54, 1.807) is 4.90 Å². The molecule has 0 saturated carbocycles. The van der Waals surface area contributed by atoms with Crippen LogP contribution in [0.25, 0.3) is 0 Å². The minimum Gasteiger partial charge on any atom is -0.342 e. The zero-order valence-electron chi connectivity index (χ0n) is 14.2. The van der Waals surface area contributed by atoms with Gasteiger partial charge in [0, 0.05) is 32.1 Å². The molecule has 3 saturated heterocycles. The standard InChI is InChI=1S/C18H25N3O3/c1-2-20-16(23)14-11-18(12-21(14)17(20)24)7-9-19(10-8-18)15(22)13-5-3-4-6-13/h3-4,13-14H,2,5-12H2,1H3. The topological polar surface area (TPSA) is 60.9 Å². The average Bonchev–Trinajstić information content (AvgIpc) is 3.27. The lowest BCUT2D eigenvalue weighted by Gasteiger charge is -2.40. The minimum atomic E-state index is -0.265. The third-order valence-corrected chi connectivity index (χ3v) is 6.35. The van der Waals surface area contributed by atoms with E-state index in [9.17, 15) is 14.4 Å². The SMILES string of the molecule is CCN1C(=O)C2CC3(CCN(C(=O)C4CC=CC4)CC3)CN2C1=O. The molecule has 3 aliphatic heterocycles. The number of nitrogens with zero attached hydrogens (tertiary/aromatic N) is 3. The summed E-state index contributed by atoms with van der Waals surface area (Å²) < 4.78 is 0. The zero-order valence-corrected chi connectivity index (χ0v) is 14.2. The lowest BCUT2D eigenvalue weighted by molar-refractivity contribution is -0.137. The molecule has 4 amide bonds. The molecule has 1 unspecified atom stereocenters. The van der Waals surface area contributed by atoms with Crippen molar-refractivity contribution in [3.05, 3.63) is 12.2 Å². The van der Waals surface area contributed by atoms with Gasteiger partial charge in [-0.2, -0.15) is 0 Å². The van der Waals surface area contributed by atoms with Crippen molar-refractivity contribution in [2.45, 2.75) is 45.1 Å². The number of fused-ring (bicyclic) bond motifs is 1. The molecule has 4 aliphatic rings. The van der Waals surface area contributed by atoms with Gasteiger partial charge in [-0.15, -0.1) is 0 Å². The molecule has 0 bridgehead atoms. The molecule has 1 spiro atoms.